The Balaban J connectivity index is 2.28. The van der Waals surface area contributed by atoms with Crippen molar-refractivity contribution in [2.24, 2.45) is 11.7 Å². The van der Waals surface area contributed by atoms with Crippen LogP contribution < -0.4 is 5.73 Å². The lowest BCUT2D eigenvalue weighted by Gasteiger charge is -2.37. The number of hydrogen-bond acceptors (Lipinski definition) is 4. The molecule has 1 aromatic carbocycles. The van der Waals surface area contributed by atoms with Crippen LogP contribution in [0.5, 0.6) is 0 Å². The van der Waals surface area contributed by atoms with Gasteiger partial charge >= 0.3 is 0 Å². The van der Waals surface area contributed by atoms with Crippen molar-refractivity contribution >= 4 is 11.6 Å². The Kier molecular flexibility index (Phi) is 4.57. The molecular formula is C15H21N3O3. The molecule has 6 nitrogen and oxygen atoms in total. The molecule has 1 fully saturated rings. The monoisotopic (exact) mass is 291 g/mol. The molecule has 1 heterocycles. The first-order valence-electron chi connectivity index (χ1n) is 7.19. The minimum atomic E-state index is -0.466. The molecule has 2 N–H and O–H groups in total. The Morgan fingerprint density at radius 2 is 2.14 bits per heavy atom. The minimum absolute atomic E-state index is 0.0432. The van der Waals surface area contributed by atoms with E-state index < -0.39 is 4.92 Å². The molecule has 0 aromatic heterocycles. The molecule has 0 radical (unpaired) electrons. The normalized spacial score (nSPS) is 22.1. The Labute approximate surface area is 124 Å². The largest absolute Gasteiger partial charge is 0.336 e. The Morgan fingerprint density at radius 3 is 2.76 bits per heavy atom. The van der Waals surface area contributed by atoms with E-state index in [1.165, 1.54) is 12.1 Å². The number of carbonyl (C=O) groups is 1. The van der Waals surface area contributed by atoms with Crippen LogP contribution in [0.2, 0.25) is 0 Å². The lowest BCUT2D eigenvalue weighted by molar-refractivity contribution is -0.384. The van der Waals surface area contributed by atoms with Crippen LogP contribution in [0.1, 0.15) is 35.7 Å². The van der Waals surface area contributed by atoms with Gasteiger partial charge in [-0.05, 0) is 50.8 Å². The van der Waals surface area contributed by atoms with E-state index in [1.54, 1.807) is 17.9 Å². The lowest BCUT2D eigenvalue weighted by Crippen LogP contribution is -2.47. The maximum atomic E-state index is 12.7. The summed E-state index contributed by atoms with van der Waals surface area (Å²) in [5.41, 5.74) is 6.76. The van der Waals surface area contributed by atoms with Crippen LogP contribution in [0.15, 0.2) is 18.2 Å². The van der Waals surface area contributed by atoms with Gasteiger partial charge in [0.1, 0.15) is 0 Å². The predicted molar refractivity (Wildman–Crippen MR) is 80.1 cm³/mol. The first kappa shape index (κ1) is 15.4. The predicted octanol–water partition coefficient (Wildman–Crippen LogP) is 2.10. The molecule has 1 saturated heterocycles. The Hall–Kier alpha value is -1.95. The van der Waals surface area contributed by atoms with Gasteiger partial charge in [-0.2, -0.15) is 0 Å². The topological polar surface area (TPSA) is 89.5 Å². The van der Waals surface area contributed by atoms with E-state index in [0.29, 0.717) is 30.1 Å². The van der Waals surface area contributed by atoms with Crippen molar-refractivity contribution < 1.29 is 9.72 Å². The number of nitro benzene ring substituents is 1. The van der Waals surface area contributed by atoms with Crippen LogP contribution >= 0.6 is 0 Å². The highest BCUT2D eigenvalue weighted by atomic mass is 16.6. The SMILES string of the molecule is Cc1cc(C(=O)N2CC(CN)CCC2C)cc([N+](=O)[O-])c1. The summed E-state index contributed by atoms with van der Waals surface area (Å²) in [6, 6.07) is 4.67. The summed E-state index contributed by atoms with van der Waals surface area (Å²) in [5.74, 6) is 0.164. The molecule has 2 atom stereocenters. The summed E-state index contributed by atoms with van der Waals surface area (Å²) < 4.78 is 0. The summed E-state index contributed by atoms with van der Waals surface area (Å²) >= 11 is 0. The van der Waals surface area contributed by atoms with Gasteiger partial charge in [0, 0.05) is 30.3 Å². The number of nitrogens with two attached hydrogens (primary N) is 1. The second-order valence-electron chi connectivity index (χ2n) is 5.80. The number of carbonyl (C=O) groups excluding carboxylic acids is 1. The zero-order chi connectivity index (χ0) is 15.6. The first-order valence-corrected chi connectivity index (χ1v) is 7.19. The number of piperidine rings is 1. The van der Waals surface area contributed by atoms with Gasteiger partial charge in [0.05, 0.1) is 4.92 Å². The van der Waals surface area contributed by atoms with Crippen molar-refractivity contribution in [2.45, 2.75) is 32.7 Å². The van der Waals surface area contributed by atoms with Crippen LogP contribution in [0.3, 0.4) is 0 Å². The van der Waals surface area contributed by atoms with Crippen molar-refractivity contribution in [1.29, 1.82) is 0 Å². The van der Waals surface area contributed by atoms with Gasteiger partial charge in [0.2, 0.25) is 0 Å². The summed E-state index contributed by atoms with van der Waals surface area (Å²) in [5, 5.41) is 10.9. The van der Waals surface area contributed by atoms with Crippen LogP contribution in [-0.4, -0.2) is 34.9 Å². The molecule has 114 valence electrons. The molecule has 2 rings (SSSR count). The quantitative estimate of drug-likeness (QED) is 0.682. The second kappa shape index (κ2) is 6.22. The number of likely N-dealkylation sites (tertiary alicyclic amines) is 1. The van der Waals surface area contributed by atoms with Crippen molar-refractivity contribution in [3.8, 4) is 0 Å². The average molecular weight is 291 g/mol. The van der Waals surface area contributed by atoms with Crippen molar-refractivity contribution in [1.82, 2.24) is 4.90 Å². The second-order valence-corrected chi connectivity index (χ2v) is 5.80. The third kappa shape index (κ3) is 3.39. The van der Waals surface area contributed by atoms with Crippen molar-refractivity contribution in [3.63, 3.8) is 0 Å². The fourth-order valence-corrected chi connectivity index (χ4v) is 2.82. The number of nitro groups is 1. The fourth-order valence-electron chi connectivity index (χ4n) is 2.82. The average Bonchev–Trinajstić information content (AvgIpc) is 2.46. The van der Waals surface area contributed by atoms with Gasteiger partial charge < -0.3 is 10.6 Å². The van der Waals surface area contributed by atoms with E-state index >= 15 is 0 Å². The standard InChI is InChI=1S/C15H21N3O3/c1-10-5-13(7-14(6-10)18(20)21)15(19)17-9-12(8-16)4-3-11(17)2/h5-7,11-12H,3-4,8-9,16H2,1-2H3. The number of rotatable bonds is 3. The molecule has 1 aliphatic rings. The highest BCUT2D eigenvalue weighted by molar-refractivity contribution is 5.95. The number of non-ortho nitro benzene ring substituents is 1. The maximum absolute atomic E-state index is 12.7. The van der Waals surface area contributed by atoms with Crippen LogP contribution in [-0.2, 0) is 0 Å². The van der Waals surface area contributed by atoms with Crippen molar-refractivity contribution in [3.05, 3.63) is 39.4 Å². The molecule has 0 aliphatic carbocycles. The van der Waals surface area contributed by atoms with Crippen LogP contribution in [0, 0.1) is 23.0 Å². The molecular weight excluding hydrogens is 270 g/mol. The van der Waals surface area contributed by atoms with Crippen LogP contribution in [0.4, 0.5) is 5.69 Å². The van der Waals surface area contributed by atoms with E-state index in [4.69, 9.17) is 5.73 Å². The van der Waals surface area contributed by atoms with E-state index in [1.807, 2.05) is 6.92 Å². The van der Waals surface area contributed by atoms with Gasteiger partial charge in [-0.3, -0.25) is 14.9 Å². The smallest absolute Gasteiger partial charge is 0.270 e. The highest BCUT2D eigenvalue weighted by Gasteiger charge is 2.29. The fraction of sp³-hybridized carbons (Fsp3) is 0.533. The third-order valence-corrected chi connectivity index (χ3v) is 4.09. The van der Waals surface area contributed by atoms with E-state index in [0.717, 1.165) is 12.8 Å². The van der Waals surface area contributed by atoms with Gasteiger partial charge in [0.15, 0.2) is 0 Å². The molecule has 0 saturated carbocycles. The van der Waals surface area contributed by atoms with Crippen molar-refractivity contribution in [2.75, 3.05) is 13.1 Å². The molecule has 1 aliphatic heterocycles. The van der Waals surface area contributed by atoms with Gasteiger partial charge in [0.25, 0.3) is 11.6 Å². The van der Waals surface area contributed by atoms with Crippen LogP contribution in [0.25, 0.3) is 0 Å². The number of benzene rings is 1. The Bertz CT molecular complexity index is 559. The summed E-state index contributed by atoms with van der Waals surface area (Å²) in [6.45, 7) is 4.95. The maximum Gasteiger partial charge on any atom is 0.270 e. The van der Waals surface area contributed by atoms with E-state index in [-0.39, 0.29) is 17.6 Å². The molecule has 0 bridgehead atoms. The number of amides is 1. The minimum Gasteiger partial charge on any atom is -0.336 e. The zero-order valence-electron chi connectivity index (χ0n) is 12.4. The summed E-state index contributed by atoms with van der Waals surface area (Å²) in [4.78, 5) is 24.9. The van der Waals surface area contributed by atoms with Gasteiger partial charge in [-0.1, -0.05) is 0 Å². The number of aryl methyl sites for hydroxylation is 1. The van der Waals surface area contributed by atoms with E-state index in [9.17, 15) is 14.9 Å². The molecule has 0 spiro atoms. The number of hydrogen-bond donors (Lipinski definition) is 1. The van der Waals surface area contributed by atoms with E-state index in [2.05, 4.69) is 0 Å². The molecule has 1 aromatic rings. The first-order chi connectivity index (χ1) is 9.92. The Morgan fingerprint density at radius 1 is 1.43 bits per heavy atom. The third-order valence-electron chi connectivity index (χ3n) is 4.09. The van der Waals surface area contributed by atoms with Gasteiger partial charge in [-0.25, -0.2) is 0 Å². The zero-order valence-corrected chi connectivity index (χ0v) is 12.4. The number of nitrogens with zero attached hydrogens (tertiary/aromatic N) is 2. The molecule has 1 amide bonds. The lowest BCUT2D eigenvalue weighted by atomic mass is 9.92. The molecule has 2 unspecified atom stereocenters. The highest BCUT2D eigenvalue weighted by Crippen LogP contribution is 2.25. The van der Waals surface area contributed by atoms with Gasteiger partial charge in [-0.15, -0.1) is 0 Å². The molecule has 21 heavy (non-hydrogen) atoms. The molecule has 6 heteroatoms. The summed E-state index contributed by atoms with van der Waals surface area (Å²) in [6.07, 6.45) is 1.94. The summed E-state index contributed by atoms with van der Waals surface area (Å²) in [7, 11) is 0.